The molecule has 0 spiro atoms. The molecule has 1 heterocycles. The van der Waals surface area contributed by atoms with Gasteiger partial charge in [-0.25, -0.2) is 9.59 Å². The molecular formula is C10H8N4O3. The molecule has 1 aromatic heterocycles. The van der Waals surface area contributed by atoms with Crippen LogP contribution in [0, 0.1) is 0 Å². The fourth-order valence-electron chi connectivity index (χ4n) is 1.09. The number of hydrogen-bond acceptors (Lipinski definition) is 5. The van der Waals surface area contributed by atoms with E-state index in [1.807, 2.05) is 35.3 Å². The van der Waals surface area contributed by atoms with Gasteiger partial charge in [0.1, 0.15) is 0 Å². The third kappa shape index (κ3) is 3.13. The highest BCUT2D eigenvalue weighted by Gasteiger charge is 1.97. The van der Waals surface area contributed by atoms with Crippen molar-refractivity contribution in [3.8, 4) is 6.01 Å². The van der Waals surface area contributed by atoms with Crippen molar-refractivity contribution < 1.29 is 4.84 Å². The van der Waals surface area contributed by atoms with E-state index in [1.54, 1.807) is 0 Å². The second-order valence-electron chi connectivity index (χ2n) is 3.04. The van der Waals surface area contributed by atoms with Crippen LogP contribution in [0.15, 0.2) is 45.1 Å². The number of aromatic nitrogens is 3. The van der Waals surface area contributed by atoms with Gasteiger partial charge >= 0.3 is 17.4 Å². The van der Waals surface area contributed by atoms with E-state index >= 15 is 0 Å². The Labute approximate surface area is 94.8 Å². The molecule has 0 unspecified atom stereocenters. The number of oxime groups is 1. The van der Waals surface area contributed by atoms with Crippen LogP contribution in [0.1, 0.15) is 5.56 Å². The molecule has 7 heteroatoms. The third-order valence-electron chi connectivity index (χ3n) is 1.78. The highest BCUT2D eigenvalue weighted by molar-refractivity contribution is 5.78. The molecule has 2 N–H and O–H groups in total. The summed E-state index contributed by atoms with van der Waals surface area (Å²) in [5.74, 6) is 0. The third-order valence-corrected chi connectivity index (χ3v) is 1.78. The van der Waals surface area contributed by atoms with E-state index in [-0.39, 0.29) is 6.01 Å². The Kier molecular flexibility index (Phi) is 3.10. The summed E-state index contributed by atoms with van der Waals surface area (Å²) >= 11 is 0. The van der Waals surface area contributed by atoms with Crippen molar-refractivity contribution in [1.82, 2.24) is 15.0 Å². The summed E-state index contributed by atoms with van der Waals surface area (Å²) in [6.45, 7) is 0. The Bertz CT molecular complexity index is 601. The number of aromatic amines is 2. The molecule has 0 aliphatic rings. The molecule has 0 radical (unpaired) electrons. The van der Waals surface area contributed by atoms with Crippen LogP contribution in [0.2, 0.25) is 0 Å². The Morgan fingerprint density at radius 3 is 2.65 bits per heavy atom. The number of hydrogen-bond donors (Lipinski definition) is 2. The minimum Gasteiger partial charge on any atom is -0.317 e. The van der Waals surface area contributed by atoms with Gasteiger partial charge in [-0.3, -0.25) is 9.97 Å². The molecule has 0 atom stereocenters. The van der Waals surface area contributed by atoms with E-state index in [1.165, 1.54) is 6.21 Å². The van der Waals surface area contributed by atoms with Crippen molar-refractivity contribution in [3.63, 3.8) is 0 Å². The lowest BCUT2D eigenvalue weighted by atomic mass is 10.2. The lowest BCUT2D eigenvalue weighted by Gasteiger charge is -1.94. The molecule has 0 aliphatic heterocycles. The van der Waals surface area contributed by atoms with Gasteiger partial charge in [0.05, 0.1) is 6.21 Å². The minimum atomic E-state index is -0.793. The first-order valence-corrected chi connectivity index (χ1v) is 4.70. The summed E-state index contributed by atoms with van der Waals surface area (Å²) in [4.78, 5) is 33.9. The Balaban J connectivity index is 2.10. The molecule has 0 bridgehead atoms. The van der Waals surface area contributed by atoms with Crippen molar-refractivity contribution >= 4 is 6.21 Å². The van der Waals surface area contributed by atoms with Gasteiger partial charge < -0.3 is 4.84 Å². The van der Waals surface area contributed by atoms with E-state index in [9.17, 15) is 9.59 Å². The van der Waals surface area contributed by atoms with Crippen molar-refractivity contribution in [3.05, 3.63) is 56.9 Å². The van der Waals surface area contributed by atoms with Crippen LogP contribution in [0.5, 0.6) is 6.01 Å². The summed E-state index contributed by atoms with van der Waals surface area (Å²) < 4.78 is 0. The van der Waals surface area contributed by atoms with Gasteiger partial charge in [0.2, 0.25) is 0 Å². The van der Waals surface area contributed by atoms with Gasteiger partial charge in [0, 0.05) is 0 Å². The second-order valence-corrected chi connectivity index (χ2v) is 3.04. The maximum atomic E-state index is 10.9. The number of nitrogens with one attached hydrogen (secondary N) is 2. The van der Waals surface area contributed by atoms with Crippen LogP contribution < -0.4 is 16.2 Å². The van der Waals surface area contributed by atoms with Gasteiger partial charge in [-0.2, -0.15) is 0 Å². The predicted molar refractivity (Wildman–Crippen MR) is 60.1 cm³/mol. The lowest BCUT2D eigenvalue weighted by molar-refractivity contribution is 0.311. The molecule has 2 aromatic rings. The monoisotopic (exact) mass is 232 g/mol. The summed E-state index contributed by atoms with van der Waals surface area (Å²) in [6.07, 6.45) is 1.43. The summed E-state index contributed by atoms with van der Waals surface area (Å²) in [7, 11) is 0. The quantitative estimate of drug-likeness (QED) is 0.568. The number of nitrogens with zero attached hydrogens (tertiary/aromatic N) is 2. The smallest absolute Gasteiger partial charge is 0.317 e. The fraction of sp³-hybridized carbons (Fsp3) is 0. The zero-order chi connectivity index (χ0) is 12.1. The largest absolute Gasteiger partial charge is 0.353 e. The average Bonchev–Trinajstić information content (AvgIpc) is 2.29. The van der Waals surface area contributed by atoms with Crippen LogP contribution >= 0.6 is 0 Å². The zero-order valence-electron chi connectivity index (χ0n) is 8.58. The SMILES string of the molecule is O=c1nc(ON=Cc2ccccc2)[nH]c(=O)[nH]1. The zero-order valence-corrected chi connectivity index (χ0v) is 8.58. The molecule has 7 nitrogen and oxygen atoms in total. The Morgan fingerprint density at radius 1 is 1.18 bits per heavy atom. The lowest BCUT2D eigenvalue weighted by Crippen LogP contribution is -2.24. The van der Waals surface area contributed by atoms with Gasteiger partial charge in [0.15, 0.2) is 0 Å². The number of benzene rings is 1. The molecular weight excluding hydrogens is 224 g/mol. The first-order valence-electron chi connectivity index (χ1n) is 4.70. The fourth-order valence-corrected chi connectivity index (χ4v) is 1.09. The molecule has 0 amide bonds. The Morgan fingerprint density at radius 2 is 1.94 bits per heavy atom. The van der Waals surface area contributed by atoms with Gasteiger partial charge in [-0.05, 0) is 5.56 Å². The maximum absolute atomic E-state index is 10.9. The van der Waals surface area contributed by atoms with Crippen LogP contribution in [-0.4, -0.2) is 21.2 Å². The first-order chi connectivity index (χ1) is 8.24. The highest BCUT2D eigenvalue weighted by atomic mass is 16.6. The van der Waals surface area contributed by atoms with Crippen LogP contribution in [0.4, 0.5) is 0 Å². The van der Waals surface area contributed by atoms with Crippen molar-refractivity contribution in [2.24, 2.45) is 5.16 Å². The van der Waals surface area contributed by atoms with E-state index in [2.05, 4.69) is 15.1 Å². The number of H-pyrrole nitrogens is 2. The van der Waals surface area contributed by atoms with E-state index in [4.69, 9.17) is 4.84 Å². The minimum absolute atomic E-state index is 0.258. The van der Waals surface area contributed by atoms with Gasteiger partial charge in [0.25, 0.3) is 0 Å². The predicted octanol–water partition coefficient (Wildman–Crippen LogP) is -0.129. The second kappa shape index (κ2) is 4.88. The molecule has 0 saturated carbocycles. The van der Waals surface area contributed by atoms with E-state index < -0.39 is 11.4 Å². The van der Waals surface area contributed by atoms with Crippen molar-refractivity contribution in [1.29, 1.82) is 0 Å². The maximum Gasteiger partial charge on any atom is 0.353 e. The summed E-state index contributed by atoms with van der Waals surface area (Å²) in [5.41, 5.74) is -0.673. The summed E-state index contributed by atoms with van der Waals surface area (Å²) in [5, 5.41) is 3.58. The molecule has 17 heavy (non-hydrogen) atoms. The van der Waals surface area contributed by atoms with E-state index in [0.29, 0.717) is 0 Å². The highest BCUT2D eigenvalue weighted by Crippen LogP contribution is 1.96. The van der Waals surface area contributed by atoms with Crippen molar-refractivity contribution in [2.45, 2.75) is 0 Å². The van der Waals surface area contributed by atoms with Crippen LogP contribution in [0.25, 0.3) is 0 Å². The molecule has 86 valence electrons. The molecule has 1 aromatic carbocycles. The van der Waals surface area contributed by atoms with Crippen LogP contribution in [0.3, 0.4) is 0 Å². The Hall–Kier alpha value is -2.70. The van der Waals surface area contributed by atoms with E-state index in [0.717, 1.165) is 5.56 Å². The topological polar surface area (TPSA) is 100 Å². The normalized spacial score (nSPS) is 10.6. The molecule has 0 saturated heterocycles. The first kappa shape index (κ1) is 10.8. The van der Waals surface area contributed by atoms with Gasteiger partial charge in [-0.15, -0.1) is 4.98 Å². The summed E-state index contributed by atoms with van der Waals surface area (Å²) in [6, 6.07) is 8.94. The number of rotatable bonds is 3. The van der Waals surface area contributed by atoms with Crippen LogP contribution in [-0.2, 0) is 0 Å². The standard InChI is InChI=1S/C10H8N4O3/c15-8-12-9(16)14-10(13-8)17-11-6-7-4-2-1-3-5-7/h1-6H,(H2,12,13,14,15,16). The molecule has 0 aliphatic carbocycles. The molecule has 2 rings (SSSR count). The van der Waals surface area contributed by atoms with Gasteiger partial charge in [-0.1, -0.05) is 35.5 Å². The van der Waals surface area contributed by atoms with Crippen molar-refractivity contribution in [2.75, 3.05) is 0 Å². The molecule has 0 fully saturated rings. The average molecular weight is 232 g/mol.